The summed E-state index contributed by atoms with van der Waals surface area (Å²) in [5, 5.41) is 12.0. The first-order valence-corrected chi connectivity index (χ1v) is 13.9. The first-order chi connectivity index (χ1) is 18.2. The van der Waals surface area contributed by atoms with E-state index in [0.29, 0.717) is 23.4 Å². The second-order valence-electron chi connectivity index (χ2n) is 9.80. The van der Waals surface area contributed by atoms with Crippen LogP contribution in [0.25, 0.3) is 16.8 Å². The third-order valence-corrected chi connectivity index (χ3v) is 9.29. The van der Waals surface area contributed by atoms with Crippen LogP contribution in [0.4, 0.5) is 5.69 Å². The average Bonchev–Trinajstić information content (AvgIpc) is 3.64. The summed E-state index contributed by atoms with van der Waals surface area (Å²) in [7, 11) is -2.49. The Balaban J connectivity index is 1.39. The predicted octanol–water partition coefficient (Wildman–Crippen LogP) is 2.61. The molecule has 196 valence electrons. The Hall–Kier alpha value is -4.06. The van der Waals surface area contributed by atoms with Gasteiger partial charge in [-0.05, 0) is 43.9 Å². The molecule has 11 nitrogen and oxygen atoms in total. The molecule has 1 aliphatic rings. The van der Waals surface area contributed by atoms with Crippen LogP contribution in [0, 0.1) is 12.8 Å². The Morgan fingerprint density at radius 2 is 1.84 bits per heavy atom. The smallest absolute Gasteiger partial charge is 0.271 e. The number of fused-ring (bicyclic) bond motifs is 3. The molecule has 1 N–H and O–H groups in total. The summed E-state index contributed by atoms with van der Waals surface area (Å²) in [6.45, 7) is 4.00. The van der Waals surface area contributed by atoms with Gasteiger partial charge < -0.3 is 10.1 Å². The zero-order valence-corrected chi connectivity index (χ0v) is 21.9. The Morgan fingerprint density at radius 3 is 2.55 bits per heavy atom. The fraction of sp³-hybridized carbons (Fsp3) is 0.346. The van der Waals surface area contributed by atoms with Crippen molar-refractivity contribution in [3.63, 3.8) is 0 Å². The number of benzene rings is 1. The summed E-state index contributed by atoms with van der Waals surface area (Å²) in [4.78, 5) is 28.4. The van der Waals surface area contributed by atoms with Gasteiger partial charge in [0.25, 0.3) is 20.9 Å². The maximum absolute atomic E-state index is 13.4. The fourth-order valence-electron chi connectivity index (χ4n) is 5.62. The lowest BCUT2D eigenvalue weighted by atomic mass is 9.93. The fourth-order valence-corrected chi connectivity index (χ4v) is 6.92. The van der Waals surface area contributed by atoms with Crippen molar-refractivity contribution in [2.75, 3.05) is 12.4 Å². The Bertz CT molecular complexity index is 1860. The molecule has 1 aliphatic carbocycles. The van der Waals surface area contributed by atoms with Gasteiger partial charge in [0.1, 0.15) is 11.5 Å². The van der Waals surface area contributed by atoms with Crippen molar-refractivity contribution >= 4 is 32.5 Å². The Labute approximate surface area is 217 Å². The van der Waals surface area contributed by atoms with Crippen molar-refractivity contribution in [1.29, 1.82) is 0 Å². The minimum absolute atomic E-state index is 0.00682. The second kappa shape index (κ2) is 8.76. The monoisotopic (exact) mass is 534 g/mol. The number of nitrogens with one attached hydrogen (secondary N) is 1. The lowest BCUT2D eigenvalue weighted by molar-refractivity contribution is 0.406. The minimum atomic E-state index is -3.86. The van der Waals surface area contributed by atoms with Crippen molar-refractivity contribution in [3.8, 4) is 5.75 Å². The van der Waals surface area contributed by atoms with Gasteiger partial charge in [-0.15, -0.1) is 10.2 Å². The zero-order chi connectivity index (χ0) is 26.8. The molecule has 0 spiro atoms. The van der Waals surface area contributed by atoms with E-state index < -0.39 is 20.9 Å². The summed E-state index contributed by atoms with van der Waals surface area (Å²) < 4.78 is 35.0. The molecule has 5 aromatic rings. The highest BCUT2D eigenvalue weighted by Crippen LogP contribution is 2.43. The second-order valence-corrected chi connectivity index (χ2v) is 11.6. The molecule has 1 saturated carbocycles. The normalized spacial score (nSPS) is 20.0. The molecule has 0 amide bonds. The molecular weight excluding hydrogens is 508 g/mol. The van der Waals surface area contributed by atoms with Crippen LogP contribution in [-0.4, -0.2) is 45.1 Å². The number of hydrogen-bond donors (Lipinski definition) is 1. The summed E-state index contributed by atoms with van der Waals surface area (Å²) in [6, 6.07) is 8.35. The summed E-state index contributed by atoms with van der Waals surface area (Å²) >= 11 is 0. The first kappa shape index (κ1) is 24.3. The predicted molar refractivity (Wildman–Crippen MR) is 141 cm³/mol. The van der Waals surface area contributed by atoms with Gasteiger partial charge in [0.15, 0.2) is 17.0 Å². The molecule has 38 heavy (non-hydrogen) atoms. The molecule has 3 atom stereocenters. The number of hydrogen-bond acceptors (Lipinski definition) is 9. The topological polar surface area (TPSA) is 138 Å². The maximum Gasteiger partial charge on any atom is 0.271 e. The van der Waals surface area contributed by atoms with Crippen molar-refractivity contribution < 1.29 is 13.2 Å². The lowest BCUT2D eigenvalue weighted by Gasteiger charge is -2.17. The van der Waals surface area contributed by atoms with Crippen molar-refractivity contribution in [2.24, 2.45) is 5.92 Å². The Kier molecular flexibility index (Phi) is 5.60. The highest BCUT2D eigenvalue weighted by molar-refractivity contribution is 7.90. The SMILES string of the molecule is CCC1CC(Nc2c(OC)c(=O)c2=O)CC1c1nnc2cnc3c(ccn3S(=O)(=O)c3ccc(C)cc3)n12. The van der Waals surface area contributed by atoms with Crippen LogP contribution in [0.5, 0.6) is 5.75 Å². The van der Waals surface area contributed by atoms with E-state index in [2.05, 4.69) is 27.4 Å². The molecule has 1 fully saturated rings. The highest BCUT2D eigenvalue weighted by Gasteiger charge is 2.39. The van der Waals surface area contributed by atoms with E-state index in [1.165, 1.54) is 23.5 Å². The average molecular weight is 535 g/mol. The van der Waals surface area contributed by atoms with Gasteiger partial charge in [0, 0.05) is 18.2 Å². The number of anilines is 1. The first-order valence-electron chi connectivity index (χ1n) is 12.4. The number of aromatic nitrogens is 5. The van der Waals surface area contributed by atoms with E-state index in [-0.39, 0.29) is 39.9 Å². The third-order valence-electron chi connectivity index (χ3n) is 7.61. The zero-order valence-electron chi connectivity index (χ0n) is 21.1. The molecule has 0 bridgehead atoms. The number of methoxy groups -OCH3 is 1. The van der Waals surface area contributed by atoms with Crippen LogP contribution in [0.15, 0.2) is 57.2 Å². The van der Waals surface area contributed by atoms with E-state index in [9.17, 15) is 18.0 Å². The largest absolute Gasteiger partial charge is 0.491 e. The molecule has 0 radical (unpaired) electrons. The quantitative estimate of drug-likeness (QED) is 0.312. The van der Waals surface area contributed by atoms with Crippen LogP contribution >= 0.6 is 0 Å². The summed E-state index contributed by atoms with van der Waals surface area (Å²) in [5.41, 5.74) is 1.42. The van der Waals surface area contributed by atoms with Gasteiger partial charge in [-0.3, -0.25) is 14.0 Å². The molecule has 0 aliphatic heterocycles. The summed E-state index contributed by atoms with van der Waals surface area (Å²) in [5.74, 6) is 1.01. The molecule has 3 aromatic heterocycles. The van der Waals surface area contributed by atoms with Gasteiger partial charge in [0.2, 0.25) is 0 Å². The van der Waals surface area contributed by atoms with Crippen LogP contribution in [0.3, 0.4) is 0 Å². The number of ether oxygens (including phenoxy) is 1. The number of rotatable bonds is 7. The molecule has 0 saturated heterocycles. The van der Waals surface area contributed by atoms with E-state index in [0.717, 1.165) is 18.4 Å². The van der Waals surface area contributed by atoms with Crippen LogP contribution in [0.2, 0.25) is 0 Å². The molecule has 3 heterocycles. The summed E-state index contributed by atoms with van der Waals surface area (Å²) in [6.07, 6.45) is 5.34. The molecule has 12 heteroatoms. The van der Waals surface area contributed by atoms with Crippen molar-refractivity contribution in [3.05, 3.63) is 74.6 Å². The van der Waals surface area contributed by atoms with Gasteiger partial charge in [-0.1, -0.05) is 31.0 Å². The Morgan fingerprint density at radius 1 is 1.08 bits per heavy atom. The van der Waals surface area contributed by atoms with E-state index in [1.807, 2.05) is 11.3 Å². The van der Waals surface area contributed by atoms with Crippen LogP contribution < -0.4 is 20.9 Å². The van der Waals surface area contributed by atoms with Crippen LogP contribution in [0.1, 0.15) is 43.5 Å². The minimum Gasteiger partial charge on any atom is -0.491 e. The van der Waals surface area contributed by atoms with Gasteiger partial charge >= 0.3 is 0 Å². The number of nitrogens with zero attached hydrogens (tertiary/aromatic N) is 5. The van der Waals surface area contributed by atoms with Gasteiger partial charge in [-0.25, -0.2) is 17.4 Å². The number of aryl methyl sites for hydroxylation is 1. The van der Waals surface area contributed by atoms with Crippen molar-refractivity contribution in [2.45, 2.75) is 50.0 Å². The molecule has 3 unspecified atom stereocenters. The molecule has 6 rings (SSSR count). The third kappa shape index (κ3) is 3.54. The molecule has 2 aromatic carbocycles. The van der Waals surface area contributed by atoms with Crippen LogP contribution in [-0.2, 0) is 10.0 Å². The molecular formula is C26H26N6O5S. The van der Waals surface area contributed by atoms with E-state index in [4.69, 9.17) is 4.74 Å². The van der Waals surface area contributed by atoms with Crippen molar-refractivity contribution in [1.82, 2.24) is 23.6 Å². The van der Waals surface area contributed by atoms with Gasteiger partial charge in [-0.2, -0.15) is 0 Å². The highest BCUT2D eigenvalue weighted by atomic mass is 32.2. The van der Waals surface area contributed by atoms with E-state index >= 15 is 0 Å². The standard InChI is InChI=1S/C26H26N6O5S/c1-4-15-11-16(28-21-22(33)23(34)24(21)37-3)12-18(15)25-30-29-20-13-27-26-19(32(20)25)9-10-31(26)38(35,36)17-7-5-14(2)6-8-17/h5-10,13,15-16,18,28H,4,11-12H2,1-3H3. The maximum atomic E-state index is 13.4. The van der Waals surface area contributed by atoms with E-state index in [1.54, 1.807) is 30.3 Å². The lowest BCUT2D eigenvalue weighted by Crippen LogP contribution is -2.37. The van der Waals surface area contributed by atoms with Gasteiger partial charge in [0.05, 0.1) is 23.7 Å².